The minimum atomic E-state index is -0.371. The second kappa shape index (κ2) is 5.63. The highest BCUT2D eigenvalue weighted by Gasteiger charge is 2.10. The van der Waals surface area contributed by atoms with Gasteiger partial charge in [0.25, 0.3) is 5.56 Å². The van der Waals surface area contributed by atoms with Crippen LogP contribution in [0.3, 0.4) is 0 Å². The van der Waals surface area contributed by atoms with E-state index in [-0.39, 0.29) is 16.9 Å². The summed E-state index contributed by atoms with van der Waals surface area (Å²) in [6.45, 7) is 7.08. The lowest BCUT2D eigenvalue weighted by Gasteiger charge is -2.19. The summed E-state index contributed by atoms with van der Waals surface area (Å²) in [7, 11) is 0. The van der Waals surface area contributed by atoms with Gasteiger partial charge in [0.2, 0.25) is 0 Å². The molecule has 2 rings (SSSR count). The maximum atomic E-state index is 11.9. The van der Waals surface area contributed by atoms with Gasteiger partial charge in [-0.25, -0.2) is 4.79 Å². The first kappa shape index (κ1) is 14.5. The molecule has 20 heavy (non-hydrogen) atoms. The smallest absolute Gasteiger partial charge is 0.328 e. The quantitative estimate of drug-likeness (QED) is 0.867. The van der Waals surface area contributed by atoms with Crippen LogP contribution in [0.2, 0.25) is 0 Å². The first-order valence-electron chi connectivity index (χ1n) is 6.74. The van der Waals surface area contributed by atoms with E-state index in [1.165, 1.54) is 0 Å². The van der Waals surface area contributed by atoms with E-state index in [4.69, 9.17) is 4.74 Å². The Hall–Kier alpha value is -1.88. The molecule has 0 radical (unpaired) electrons. The van der Waals surface area contributed by atoms with E-state index < -0.39 is 0 Å². The van der Waals surface area contributed by atoms with Crippen LogP contribution in [-0.2, 0) is 11.3 Å². The van der Waals surface area contributed by atoms with Crippen molar-refractivity contribution >= 4 is 10.9 Å². The molecule has 0 aliphatic heterocycles. The summed E-state index contributed by atoms with van der Waals surface area (Å²) in [6, 6.07) is 7.12. The number of hydrogen-bond acceptors (Lipinski definition) is 3. The highest BCUT2D eigenvalue weighted by molar-refractivity contribution is 5.77. The summed E-state index contributed by atoms with van der Waals surface area (Å²) in [5, 5.41) is 0.531. The van der Waals surface area contributed by atoms with Gasteiger partial charge in [0, 0.05) is 13.2 Å². The molecule has 2 aromatic rings. The molecule has 0 atom stereocenters. The van der Waals surface area contributed by atoms with Crippen LogP contribution in [0.4, 0.5) is 0 Å². The molecule has 0 saturated carbocycles. The summed E-state index contributed by atoms with van der Waals surface area (Å²) in [6.07, 6.45) is 0.715. The summed E-state index contributed by atoms with van der Waals surface area (Å²) in [5.41, 5.74) is -0.229. The Balaban J connectivity index is 2.22. The van der Waals surface area contributed by atoms with E-state index in [1.807, 2.05) is 26.8 Å². The molecule has 1 N–H and O–H groups in total. The zero-order chi connectivity index (χ0) is 14.8. The number of aryl methyl sites for hydroxylation is 1. The van der Waals surface area contributed by atoms with Gasteiger partial charge < -0.3 is 4.74 Å². The van der Waals surface area contributed by atoms with Crippen LogP contribution in [-0.4, -0.2) is 21.8 Å². The maximum absolute atomic E-state index is 11.9. The zero-order valence-corrected chi connectivity index (χ0v) is 12.1. The average Bonchev–Trinajstić information content (AvgIpc) is 2.36. The van der Waals surface area contributed by atoms with Crippen molar-refractivity contribution in [1.29, 1.82) is 0 Å². The van der Waals surface area contributed by atoms with Crippen molar-refractivity contribution in [1.82, 2.24) is 9.55 Å². The minimum absolute atomic E-state index is 0.183. The lowest BCUT2D eigenvalue weighted by atomic mass is 10.2. The maximum Gasteiger partial charge on any atom is 0.328 e. The number of rotatable bonds is 4. The molecule has 108 valence electrons. The van der Waals surface area contributed by atoms with Gasteiger partial charge in [0.1, 0.15) is 0 Å². The zero-order valence-electron chi connectivity index (χ0n) is 12.1. The van der Waals surface area contributed by atoms with Crippen LogP contribution in [0, 0.1) is 0 Å². The molecule has 5 nitrogen and oxygen atoms in total. The number of aromatic amines is 1. The van der Waals surface area contributed by atoms with Crippen LogP contribution >= 0.6 is 0 Å². The van der Waals surface area contributed by atoms with Crippen molar-refractivity contribution in [3.8, 4) is 0 Å². The molecular weight excluding hydrogens is 256 g/mol. The number of ether oxygens (including phenoxy) is 1. The van der Waals surface area contributed by atoms with Gasteiger partial charge in [-0.1, -0.05) is 12.1 Å². The molecular formula is C15H20N2O3. The predicted octanol–water partition coefficient (Wildman–Crippen LogP) is 1.89. The van der Waals surface area contributed by atoms with Gasteiger partial charge in [-0.15, -0.1) is 0 Å². The molecule has 0 fully saturated rings. The van der Waals surface area contributed by atoms with E-state index in [9.17, 15) is 9.59 Å². The lowest BCUT2D eigenvalue weighted by Crippen LogP contribution is -2.31. The molecule has 0 amide bonds. The molecule has 1 heterocycles. The Morgan fingerprint density at radius 3 is 2.60 bits per heavy atom. The van der Waals surface area contributed by atoms with Crippen LogP contribution in [0.5, 0.6) is 0 Å². The van der Waals surface area contributed by atoms with Crippen molar-refractivity contribution < 1.29 is 4.74 Å². The molecule has 0 aliphatic carbocycles. The molecule has 0 aliphatic rings. The highest BCUT2D eigenvalue weighted by atomic mass is 16.5. The minimum Gasteiger partial charge on any atom is -0.376 e. The number of benzene rings is 1. The number of para-hydroxylation sites is 1. The third-order valence-corrected chi connectivity index (χ3v) is 2.97. The summed E-state index contributed by atoms with van der Waals surface area (Å²) >= 11 is 0. The Morgan fingerprint density at radius 1 is 1.20 bits per heavy atom. The van der Waals surface area contributed by atoms with Crippen molar-refractivity contribution in [3.63, 3.8) is 0 Å². The second-order valence-electron chi connectivity index (χ2n) is 5.74. The van der Waals surface area contributed by atoms with E-state index in [0.29, 0.717) is 30.5 Å². The molecule has 0 spiro atoms. The second-order valence-corrected chi connectivity index (χ2v) is 5.74. The van der Waals surface area contributed by atoms with Gasteiger partial charge in [-0.3, -0.25) is 14.3 Å². The first-order valence-corrected chi connectivity index (χ1v) is 6.74. The highest BCUT2D eigenvalue weighted by Crippen LogP contribution is 2.09. The topological polar surface area (TPSA) is 64.1 Å². The van der Waals surface area contributed by atoms with E-state index in [1.54, 1.807) is 22.8 Å². The van der Waals surface area contributed by atoms with Crippen LogP contribution in [0.15, 0.2) is 33.9 Å². The van der Waals surface area contributed by atoms with E-state index >= 15 is 0 Å². The van der Waals surface area contributed by atoms with Gasteiger partial charge in [-0.05, 0) is 39.3 Å². The molecule has 1 aromatic carbocycles. The first-order chi connectivity index (χ1) is 9.38. The van der Waals surface area contributed by atoms with Gasteiger partial charge in [-0.2, -0.15) is 0 Å². The predicted molar refractivity (Wildman–Crippen MR) is 79.2 cm³/mol. The van der Waals surface area contributed by atoms with Crippen molar-refractivity contribution in [3.05, 3.63) is 45.1 Å². The molecule has 1 aromatic heterocycles. The van der Waals surface area contributed by atoms with Crippen LogP contribution in [0.1, 0.15) is 27.2 Å². The SMILES string of the molecule is CC(C)(C)OCCCn1c(=O)[nH]c(=O)c2ccccc21. The number of aromatic nitrogens is 2. The Labute approximate surface area is 117 Å². The molecule has 5 heteroatoms. The number of H-pyrrole nitrogens is 1. The fraction of sp³-hybridized carbons (Fsp3) is 0.467. The number of nitrogens with zero attached hydrogens (tertiary/aromatic N) is 1. The van der Waals surface area contributed by atoms with Crippen molar-refractivity contribution in [2.75, 3.05) is 6.61 Å². The van der Waals surface area contributed by atoms with Crippen molar-refractivity contribution in [2.24, 2.45) is 0 Å². The van der Waals surface area contributed by atoms with Gasteiger partial charge in [0.15, 0.2) is 0 Å². The monoisotopic (exact) mass is 276 g/mol. The van der Waals surface area contributed by atoms with Gasteiger partial charge >= 0.3 is 5.69 Å². The van der Waals surface area contributed by atoms with E-state index in [2.05, 4.69) is 4.98 Å². The molecule has 0 unspecified atom stereocenters. The van der Waals surface area contributed by atoms with E-state index in [0.717, 1.165) is 0 Å². The molecule has 0 bridgehead atoms. The van der Waals surface area contributed by atoms with Crippen molar-refractivity contribution in [2.45, 2.75) is 39.3 Å². The van der Waals surface area contributed by atoms with Gasteiger partial charge in [0.05, 0.1) is 16.5 Å². The lowest BCUT2D eigenvalue weighted by molar-refractivity contribution is -0.00526. The Kier molecular flexibility index (Phi) is 4.09. The number of fused-ring (bicyclic) bond motifs is 1. The standard InChI is InChI=1S/C15H20N2O3/c1-15(2,3)20-10-6-9-17-12-8-5-4-7-11(12)13(18)16-14(17)19/h4-5,7-8H,6,9-10H2,1-3H3,(H,16,18,19). The Bertz CT molecular complexity index is 707. The van der Waals surface area contributed by atoms with Crippen LogP contribution in [0.25, 0.3) is 10.9 Å². The average molecular weight is 276 g/mol. The summed E-state index contributed by atoms with van der Waals surface area (Å²) in [4.78, 5) is 26.0. The number of hydrogen-bond donors (Lipinski definition) is 1. The number of nitrogens with one attached hydrogen (secondary N) is 1. The summed E-state index contributed by atoms with van der Waals surface area (Å²) < 4.78 is 7.23. The normalized spacial score (nSPS) is 11.9. The van der Waals surface area contributed by atoms with Crippen LogP contribution < -0.4 is 11.2 Å². The molecule has 0 saturated heterocycles. The Morgan fingerprint density at radius 2 is 1.90 bits per heavy atom. The largest absolute Gasteiger partial charge is 0.376 e. The fourth-order valence-electron chi connectivity index (χ4n) is 2.07. The third-order valence-electron chi connectivity index (χ3n) is 2.97. The fourth-order valence-corrected chi connectivity index (χ4v) is 2.07. The third kappa shape index (κ3) is 3.36. The summed E-state index contributed by atoms with van der Waals surface area (Å²) in [5.74, 6) is 0.